The first-order valence-corrected chi connectivity index (χ1v) is 7.48. The third kappa shape index (κ3) is 4.30. The van der Waals surface area contributed by atoms with E-state index in [2.05, 4.69) is 10.6 Å². The summed E-state index contributed by atoms with van der Waals surface area (Å²) in [5, 5.41) is 5.67. The highest BCUT2D eigenvalue weighted by atomic mass is 35.5. The lowest BCUT2D eigenvalue weighted by atomic mass is 10.1. The molecular formula is C16H17ClN4O3. The molecule has 0 aromatic heterocycles. The second-order valence-electron chi connectivity index (χ2n) is 4.84. The molecule has 2 rings (SSSR count). The smallest absolute Gasteiger partial charge is 0.411 e. The zero-order valence-electron chi connectivity index (χ0n) is 12.9. The third-order valence-corrected chi connectivity index (χ3v) is 3.32. The minimum Gasteiger partial charge on any atom is -0.450 e. The Balaban J connectivity index is 2.16. The van der Waals surface area contributed by atoms with E-state index in [-0.39, 0.29) is 29.6 Å². The number of nitrogens with one attached hydrogen (secondary N) is 2. The van der Waals surface area contributed by atoms with Gasteiger partial charge in [-0.3, -0.25) is 10.1 Å². The molecule has 7 nitrogen and oxygen atoms in total. The number of halogens is 1. The van der Waals surface area contributed by atoms with E-state index in [1.165, 1.54) is 12.1 Å². The van der Waals surface area contributed by atoms with Crippen LogP contribution in [-0.2, 0) is 4.74 Å². The number of nitrogen functional groups attached to an aromatic ring is 2. The van der Waals surface area contributed by atoms with Gasteiger partial charge in [0.1, 0.15) is 0 Å². The van der Waals surface area contributed by atoms with Crippen LogP contribution in [0.5, 0.6) is 0 Å². The summed E-state index contributed by atoms with van der Waals surface area (Å²) in [7, 11) is 0. The Labute approximate surface area is 143 Å². The number of anilines is 4. The van der Waals surface area contributed by atoms with Crippen LogP contribution < -0.4 is 22.1 Å². The first-order chi connectivity index (χ1) is 11.4. The third-order valence-electron chi connectivity index (χ3n) is 3.07. The van der Waals surface area contributed by atoms with Crippen molar-refractivity contribution in [3.05, 3.63) is 47.0 Å². The van der Waals surface area contributed by atoms with E-state index in [0.29, 0.717) is 16.3 Å². The standard InChI is InChI=1S/C16H17ClN4O3/c1-2-24-16(23)21-14-12(18)7-11(8-13(14)19)20-15(22)9-3-5-10(17)6-4-9/h3-8H,2,18-19H2,1H3,(H,20,22)(H,21,23). The minimum absolute atomic E-state index is 0.203. The average molecular weight is 349 g/mol. The molecule has 6 N–H and O–H groups in total. The van der Waals surface area contributed by atoms with Crippen molar-refractivity contribution in [2.24, 2.45) is 0 Å². The van der Waals surface area contributed by atoms with E-state index in [1.54, 1.807) is 31.2 Å². The van der Waals surface area contributed by atoms with Gasteiger partial charge in [-0.2, -0.15) is 0 Å². The second kappa shape index (κ2) is 7.56. The maximum Gasteiger partial charge on any atom is 0.411 e. The van der Waals surface area contributed by atoms with E-state index in [9.17, 15) is 9.59 Å². The van der Waals surface area contributed by atoms with E-state index in [4.69, 9.17) is 27.8 Å². The van der Waals surface area contributed by atoms with Crippen molar-refractivity contribution in [2.45, 2.75) is 6.92 Å². The molecule has 8 heteroatoms. The van der Waals surface area contributed by atoms with Crippen LogP contribution in [0.2, 0.25) is 5.02 Å². The Morgan fingerprint density at radius 3 is 2.21 bits per heavy atom. The topological polar surface area (TPSA) is 119 Å². The summed E-state index contributed by atoms with van der Waals surface area (Å²) in [5.74, 6) is -0.337. The highest BCUT2D eigenvalue weighted by Gasteiger charge is 2.13. The molecule has 0 saturated heterocycles. The molecule has 0 aliphatic carbocycles. The van der Waals surface area contributed by atoms with Crippen molar-refractivity contribution in [2.75, 3.05) is 28.7 Å². The van der Waals surface area contributed by atoms with Crippen LogP contribution >= 0.6 is 11.6 Å². The molecule has 126 valence electrons. The first-order valence-electron chi connectivity index (χ1n) is 7.10. The molecule has 0 atom stereocenters. The zero-order valence-corrected chi connectivity index (χ0v) is 13.7. The van der Waals surface area contributed by atoms with Gasteiger partial charge in [-0.1, -0.05) is 11.6 Å². The summed E-state index contributed by atoms with van der Waals surface area (Å²) in [5.41, 5.74) is 13.2. The summed E-state index contributed by atoms with van der Waals surface area (Å²) < 4.78 is 4.78. The van der Waals surface area contributed by atoms with Gasteiger partial charge < -0.3 is 21.5 Å². The van der Waals surface area contributed by atoms with Crippen molar-refractivity contribution in [1.82, 2.24) is 0 Å². The van der Waals surface area contributed by atoms with Gasteiger partial charge in [-0.05, 0) is 43.3 Å². The zero-order chi connectivity index (χ0) is 17.7. The molecule has 0 heterocycles. The summed E-state index contributed by atoms with van der Waals surface area (Å²) >= 11 is 5.79. The predicted octanol–water partition coefficient (Wildman–Crippen LogP) is 3.33. The quantitative estimate of drug-likeness (QED) is 0.632. The summed E-state index contributed by atoms with van der Waals surface area (Å²) in [6.07, 6.45) is -0.658. The van der Waals surface area contributed by atoms with Crippen LogP contribution in [-0.4, -0.2) is 18.6 Å². The number of carbonyl (C=O) groups is 2. The molecule has 24 heavy (non-hydrogen) atoms. The number of benzene rings is 2. The predicted molar refractivity (Wildman–Crippen MR) is 95.3 cm³/mol. The molecule has 0 spiro atoms. The van der Waals surface area contributed by atoms with Gasteiger partial charge in [-0.15, -0.1) is 0 Å². The van der Waals surface area contributed by atoms with Gasteiger partial charge in [0.25, 0.3) is 5.91 Å². The average Bonchev–Trinajstić information content (AvgIpc) is 2.52. The summed E-state index contributed by atoms with van der Waals surface area (Å²) in [6.45, 7) is 1.91. The summed E-state index contributed by atoms with van der Waals surface area (Å²) in [4.78, 5) is 23.6. The Morgan fingerprint density at radius 2 is 1.67 bits per heavy atom. The Kier molecular flexibility index (Phi) is 5.49. The van der Waals surface area contributed by atoms with Crippen molar-refractivity contribution in [3.63, 3.8) is 0 Å². The lowest BCUT2D eigenvalue weighted by Gasteiger charge is -2.13. The Morgan fingerprint density at radius 1 is 1.08 bits per heavy atom. The number of rotatable bonds is 4. The first kappa shape index (κ1) is 17.4. The fourth-order valence-corrected chi connectivity index (χ4v) is 2.10. The number of hydrogen-bond donors (Lipinski definition) is 4. The SMILES string of the molecule is CCOC(=O)Nc1c(N)cc(NC(=O)c2ccc(Cl)cc2)cc1N. The number of nitrogens with two attached hydrogens (primary N) is 2. The molecule has 0 aliphatic rings. The van der Waals surface area contributed by atoms with Gasteiger partial charge in [0.2, 0.25) is 0 Å². The van der Waals surface area contributed by atoms with Gasteiger partial charge in [0.15, 0.2) is 0 Å². The normalized spacial score (nSPS) is 10.1. The molecule has 0 saturated carbocycles. The van der Waals surface area contributed by atoms with Crippen molar-refractivity contribution < 1.29 is 14.3 Å². The molecule has 0 bridgehead atoms. The minimum atomic E-state index is -0.658. The van der Waals surface area contributed by atoms with Crippen LogP contribution in [0.4, 0.5) is 27.5 Å². The number of amides is 2. The van der Waals surface area contributed by atoms with E-state index in [0.717, 1.165) is 0 Å². The lowest BCUT2D eigenvalue weighted by molar-refractivity contribution is 0.102. The van der Waals surface area contributed by atoms with Crippen LogP contribution in [0.15, 0.2) is 36.4 Å². The molecular weight excluding hydrogens is 332 g/mol. The molecule has 2 aromatic carbocycles. The molecule has 0 fully saturated rings. The highest BCUT2D eigenvalue weighted by Crippen LogP contribution is 2.30. The maximum atomic E-state index is 12.2. The molecule has 2 amide bonds. The van der Waals surface area contributed by atoms with Crippen molar-refractivity contribution in [1.29, 1.82) is 0 Å². The van der Waals surface area contributed by atoms with E-state index >= 15 is 0 Å². The van der Waals surface area contributed by atoms with Crippen molar-refractivity contribution in [3.8, 4) is 0 Å². The number of carbonyl (C=O) groups excluding carboxylic acids is 2. The van der Waals surface area contributed by atoms with Crippen LogP contribution in [0.25, 0.3) is 0 Å². The van der Waals surface area contributed by atoms with Gasteiger partial charge >= 0.3 is 6.09 Å². The van der Waals surface area contributed by atoms with E-state index < -0.39 is 6.09 Å². The van der Waals surface area contributed by atoms with Crippen LogP contribution in [0.3, 0.4) is 0 Å². The summed E-state index contributed by atoms with van der Waals surface area (Å²) in [6, 6.07) is 9.41. The van der Waals surface area contributed by atoms with Crippen LogP contribution in [0.1, 0.15) is 17.3 Å². The van der Waals surface area contributed by atoms with E-state index in [1.807, 2.05) is 0 Å². The number of hydrogen-bond acceptors (Lipinski definition) is 5. The monoisotopic (exact) mass is 348 g/mol. The molecule has 0 radical (unpaired) electrons. The molecule has 0 aliphatic heterocycles. The highest BCUT2D eigenvalue weighted by molar-refractivity contribution is 6.30. The lowest BCUT2D eigenvalue weighted by Crippen LogP contribution is -2.17. The van der Waals surface area contributed by atoms with Crippen LogP contribution in [0, 0.1) is 0 Å². The second-order valence-corrected chi connectivity index (χ2v) is 5.27. The van der Waals surface area contributed by atoms with Gasteiger partial charge in [0, 0.05) is 16.3 Å². The molecule has 0 unspecified atom stereocenters. The largest absolute Gasteiger partial charge is 0.450 e. The Bertz CT molecular complexity index is 739. The Hall–Kier alpha value is -2.93. The van der Waals surface area contributed by atoms with Gasteiger partial charge in [-0.25, -0.2) is 4.79 Å². The fraction of sp³-hybridized carbons (Fsp3) is 0.125. The van der Waals surface area contributed by atoms with Gasteiger partial charge in [0.05, 0.1) is 23.7 Å². The maximum absolute atomic E-state index is 12.2. The fourth-order valence-electron chi connectivity index (χ4n) is 1.98. The molecule has 2 aromatic rings. The number of ether oxygens (including phenoxy) is 1. The van der Waals surface area contributed by atoms with Crippen molar-refractivity contribution >= 4 is 46.4 Å².